The highest BCUT2D eigenvalue weighted by Gasteiger charge is 2.23. The molecule has 0 N–H and O–H groups in total. The molecule has 1 aliphatic heterocycles. The fraction of sp³-hybridized carbons (Fsp3) is 0.167. The normalized spacial score (nSPS) is 13.7. The molecule has 0 unspecified atom stereocenters. The Kier molecular flexibility index (Phi) is 2.68. The highest BCUT2D eigenvalue weighted by molar-refractivity contribution is 7.97. The van der Waals surface area contributed by atoms with Gasteiger partial charge in [-0.25, -0.2) is 0 Å². The summed E-state index contributed by atoms with van der Waals surface area (Å²) in [7, 11) is 0. The first-order valence-corrected chi connectivity index (χ1v) is 6.71. The fourth-order valence-corrected chi connectivity index (χ4v) is 3.29. The lowest BCUT2D eigenvalue weighted by Gasteiger charge is -2.04. The third kappa shape index (κ3) is 1.77. The molecule has 0 radical (unpaired) electrons. The van der Waals surface area contributed by atoms with E-state index in [2.05, 4.69) is 9.55 Å². The molecular formula is C12H9ClN2OS. The Balaban J connectivity index is 2.19. The number of carbonyl (C=O) groups excluding carboxylic acids is 1. The zero-order valence-corrected chi connectivity index (χ0v) is 10.5. The van der Waals surface area contributed by atoms with Crippen LogP contribution in [-0.4, -0.2) is 14.8 Å². The molecule has 2 aromatic rings. The van der Waals surface area contributed by atoms with E-state index in [0.29, 0.717) is 5.56 Å². The molecule has 0 bridgehead atoms. The van der Waals surface area contributed by atoms with Crippen LogP contribution in [0.1, 0.15) is 16.1 Å². The Bertz CT molecular complexity index is 580. The highest BCUT2D eigenvalue weighted by atomic mass is 35.5. The largest absolute Gasteiger partial charge is 0.333 e. The van der Waals surface area contributed by atoms with Gasteiger partial charge in [0.25, 0.3) is 5.24 Å². The van der Waals surface area contributed by atoms with Gasteiger partial charge >= 0.3 is 0 Å². The van der Waals surface area contributed by atoms with E-state index in [-0.39, 0.29) is 5.24 Å². The number of carbonyl (C=O) groups is 1. The standard InChI is InChI=1S/C12H9ClN2OS/c13-12(16)9-4-10(8-2-1-3-14-5-8)15-7-17-6-11(9)15/h1-5H,6-7H2. The minimum Gasteiger partial charge on any atom is -0.333 e. The van der Waals surface area contributed by atoms with Crippen LogP contribution in [0.25, 0.3) is 11.3 Å². The molecule has 0 saturated heterocycles. The van der Waals surface area contributed by atoms with Crippen LogP contribution >= 0.6 is 23.4 Å². The van der Waals surface area contributed by atoms with E-state index in [0.717, 1.165) is 28.6 Å². The van der Waals surface area contributed by atoms with E-state index in [1.165, 1.54) is 0 Å². The van der Waals surface area contributed by atoms with Crippen molar-refractivity contribution in [3.8, 4) is 11.3 Å². The molecule has 0 fully saturated rings. The summed E-state index contributed by atoms with van der Waals surface area (Å²) in [4.78, 5) is 15.5. The number of rotatable bonds is 2. The average Bonchev–Trinajstić information content (AvgIpc) is 2.90. The summed E-state index contributed by atoms with van der Waals surface area (Å²) in [5.41, 5.74) is 3.67. The molecule has 0 spiro atoms. The third-order valence-electron chi connectivity index (χ3n) is 2.84. The first-order valence-electron chi connectivity index (χ1n) is 5.18. The molecular weight excluding hydrogens is 256 g/mol. The second-order valence-electron chi connectivity index (χ2n) is 3.81. The minimum atomic E-state index is -0.383. The van der Waals surface area contributed by atoms with Crippen LogP contribution in [0.3, 0.4) is 0 Å². The van der Waals surface area contributed by atoms with Crippen LogP contribution in [0, 0.1) is 0 Å². The first kappa shape index (κ1) is 10.9. The second-order valence-corrected chi connectivity index (χ2v) is 5.11. The van der Waals surface area contributed by atoms with Crippen molar-refractivity contribution in [1.82, 2.24) is 9.55 Å². The number of aromatic nitrogens is 2. The van der Waals surface area contributed by atoms with Crippen molar-refractivity contribution in [1.29, 1.82) is 0 Å². The van der Waals surface area contributed by atoms with Crippen molar-refractivity contribution in [2.24, 2.45) is 0 Å². The molecule has 1 aliphatic rings. The minimum absolute atomic E-state index is 0.383. The van der Waals surface area contributed by atoms with E-state index in [1.807, 2.05) is 18.2 Å². The lowest BCUT2D eigenvalue weighted by Crippen LogP contribution is -1.96. The monoisotopic (exact) mass is 264 g/mol. The predicted octanol–water partition coefficient (Wildman–Crippen LogP) is 3.13. The molecule has 0 atom stereocenters. The summed E-state index contributed by atoms with van der Waals surface area (Å²) in [5, 5.41) is -0.383. The van der Waals surface area contributed by atoms with Crippen LogP contribution in [0.5, 0.6) is 0 Å². The summed E-state index contributed by atoms with van der Waals surface area (Å²) >= 11 is 7.39. The summed E-state index contributed by atoms with van der Waals surface area (Å²) in [6.07, 6.45) is 3.54. The quantitative estimate of drug-likeness (QED) is 0.782. The van der Waals surface area contributed by atoms with Gasteiger partial charge in [0.2, 0.25) is 0 Å². The summed E-state index contributed by atoms with van der Waals surface area (Å²) in [6.45, 7) is 0. The lowest BCUT2D eigenvalue weighted by atomic mass is 10.2. The molecule has 3 rings (SSSR count). The highest BCUT2D eigenvalue weighted by Crippen LogP contribution is 2.35. The Hall–Kier alpha value is -1.26. The Morgan fingerprint density at radius 1 is 1.53 bits per heavy atom. The van der Waals surface area contributed by atoms with Crippen molar-refractivity contribution in [2.75, 3.05) is 0 Å². The molecule has 0 saturated carbocycles. The molecule has 2 aromatic heterocycles. The van der Waals surface area contributed by atoms with Gasteiger partial charge in [-0.2, -0.15) is 0 Å². The molecule has 0 aromatic carbocycles. The summed E-state index contributed by atoms with van der Waals surface area (Å²) < 4.78 is 2.14. The van der Waals surface area contributed by atoms with Gasteiger partial charge in [0.05, 0.1) is 17.1 Å². The number of nitrogens with zero attached hydrogens (tertiary/aromatic N) is 2. The maximum Gasteiger partial charge on any atom is 0.254 e. The second kappa shape index (κ2) is 4.20. The number of thioether (sulfide) groups is 1. The average molecular weight is 265 g/mol. The fourth-order valence-electron chi connectivity index (χ4n) is 2.05. The zero-order valence-electron chi connectivity index (χ0n) is 8.89. The van der Waals surface area contributed by atoms with Crippen molar-refractivity contribution < 1.29 is 4.79 Å². The van der Waals surface area contributed by atoms with E-state index >= 15 is 0 Å². The van der Waals surface area contributed by atoms with Crippen LogP contribution in [0.2, 0.25) is 0 Å². The maximum absolute atomic E-state index is 11.4. The number of pyridine rings is 1. The van der Waals surface area contributed by atoms with E-state index in [4.69, 9.17) is 11.6 Å². The van der Waals surface area contributed by atoms with E-state index in [9.17, 15) is 4.79 Å². The molecule has 3 nitrogen and oxygen atoms in total. The van der Waals surface area contributed by atoms with Crippen molar-refractivity contribution in [3.05, 3.63) is 41.9 Å². The van der Waals surface area contributed by atoms with Crippen molar-refractivity contribution in [2.45, 2.75) is 11.6 Å². The van der Waals surface area contributed by atoms with Gasteiger partial charge in [0.15, 0.2) is 0 Å². The predicted molar refractivity (Wildman–Crippen MR) is 69.1 cm³/mol. The lowest BCUT2D eigenvalue weighted by molar-refractivity contribution is 0.108. The smallest absolute Gasteiger partial charge is 0.254 e. The SMILES string of the molecule is O=C(Cl)c1cc(-c2cccnc2)n2c1CSC2. The Morgan fingerprint density at radius 3 is 3.12 bits per heavy atom. The van der Waals surface area contributed by atoms with Crippen LogP contribution < -0.4 is 0 Å². The van der Waals surface area contributed by atoms with E-state index in [1.54, 1.807) is 24.2 Å². The van der Waals surface area contributed by atoms with Gasteiger partial charge in [-0.15, -0.1) is 11.8 Å². The number of fused-ring (bicyclic) bond motifs is 1. The third-order valence-corrected chi connectivity index (χ3v) is 3.96. The van der Waals surface area contributed by atoms with Crippen LogP contribution in [-0.2, 0) is 11.6 Å². The Labute approximate surface area is 108 Å². The van der Waals surface area contributed by atoms with Crippen LogP contribution in [0.4, 0.5) is 0 Å². The van der Waals surface area contributed by atoms with Gasteiger partial charge in [-0.1, -0.05) is 0 Å². The summed E-state index contributed by atoms with van der Waals surface area (Å²) in [6, 6.07) is 5.74. The topological polar surface area (TPSA) is 34.9 Å². The van der Waals surface area contributed by atoms with E-state index < -0.39 is 0 Å². The van der Waals surface area contributed by atoms with Gasteiger partial charge in [0.1, 0.15) is 0 Å². The van der Waals surface area contributed by atoms with Gasteiger partial charge in [-0.05, 0) is 29.8 Å². The first-order chi connectivity index (χ1) is 8.27. The molecule has 0 aliphatic carbocycles. The van der Waals surface area contributed by atoms with Gasteiger partial charge in [-0.3, -0.25) is 9.78 Å². The zero-order chi connectivity index (χ0) is 11.8. The number of halogens is 1. The van der Waals surface area contributed by atoms with Gasteiger partial charge < -0.3 is 4.57 Å². The van der Waals surface area contributed by atoms with Crippen molar-refractivity contribution >= 4 is 28.6 Å². The van der Waals surface area contributed by atoms with Crippen LogP contribution in [0.15, 0.2) is 30.6 Å². The molecule has 17 heavy (non-hydrogen) atoms. The molecule has 5 heteroatoms. The molecule has 0 amide bonds. The number of hydrogen-bond donors (Lipinski definition) is 0. The van der Waals surface area contributed by atoms with Crippen molar-refractivity contribution in [3.63, 3.8) is 0 Å². The molecule has 86 valence electrons. The molecule has 3 heterocycles. The Morgan fingerprint density at radius 2 is 2.41 bits per heavy atom. The summed E-state index contributed by atoms with van der Waals surface area (Å²) in [5.74, 6) is 1.71. The number of hydrogen-bond acceptors (Lipinski definition) is 3. The maximum atomic E-state index is 11.4. The van der Waals surface area contributed by atoms with Gasteiger partial charge in [0, 0.05) is 29.4 Å².